The lowest BCUT2D eigenvalue weighted by molar-refractivity contribution is -0.129. The SMILES string of the molecule is CNC(=O)Cn1ncc2nc(C3C[C@H](C(=O)NCc4ccccn4)[C@H]3c3nccs3)cnc21. The van der Waals surface area contributed by atoms with Crippen molar-refractivity contribution in [2.75, 3.05) is 7.05 Å². The van der Waals surface area contributed by atoms with Crippen LogP contribution in [0.4, 0.5) is 0 Å². The first-order valence-corrected chi connectivity index (χ1v) is 11.5. The maximum atomic E-state index is 13.0. The highest BCUT2D eigenvalue weighted by atomic mass is 32.1. The first-order chi connectivity index (χ1) is 16.1. The molecule has 0 radical (unpaired) electrons. The molecule has 1 saturated carbocycles. The van der Waals surface area contributed by atoms with E-state index in [1.165, 1.54) is 4.68 Å². The van der Waals surface area contributed by atoms with Crippen LogP contribution in [0.25, 0.3) is 11.2 Å². The van der Waals surface area contributed by atoms with Crippen molar-refractivity contribution in [3.8, 4) is 0 Å². The number of thiazole rings is 1. The van der Waals surface area contributed by atoms with Gasteiger partial charge in [0.15, 0.2) is 5.65 Å². The standard InChI is InChI=1S/C22H22N8O2S/c1-23-18(31)12-30-20-17(11-28-30)29-16(10-26-20)14-8-15(19(14)22-25-6-7-33-22)21(32)27-9-13-4-2-3-5-24-13/h2-7,10-11,14-15,19H,8-9,12H2,1H3,(H,23,31)(H,27,32)/t14?,15-,19-/m0/s1. The van der Waals surface area contributed by atoms with E-state index in [-0.39, 0.29) is 36.1 Å². The monoisotopic (exact) mass is 462 g/mol. The molecule has 1 unspecified atom stereocenters. The fraction of sp³-hybridized carbons (Fsp3) is 0.318. The van der Waals surface area contributed by atoms with Crippen molar-refractivity contribution in [1.82, 2.24) is 40.3 Å². The summed E-state index contributed by atoms with van der Waals surface area (Å²) in [5.74, 6) is -0.404. The van der Waals surface area contributed by atoms with Gasteiger partial charge in [-0.3, -0.25) is 14.6 Å². The third-order valence-electron chi connectivity index (χ3n) is 5.93. The predicted octanol–water partition coefficient (Wildman–Crippen LogP) is 1.63. The number of likely N-dealkylation sites (N-methyl/N-ethyl adjacent to an activating group) is 1. The summed E-state index contributed by atoms with van der Waals surface area (Å²) in [5, 5.41) is 12.7. The molecule has 0 bridgehead atoms. The molecular formula is C22H22N8O2S. The summed E-state index contributed by atoms with van der Waals surface area (Å²) in [7, 11) is 1.58. The molecule has 5 rings (SSSR count). The fourth-order valence-corrected chi connectivity index (χ4v) is 5.03. The van der Waals surface area contributed by atoms with E-state index in [4.69, 9.17) is 4.98 Å². The summed E-state index contributed by atoms with van der Waals surface area (Å²) in [5.41, 5.74) is 2.79. The number of fused-ring (bicyclic) bond motifs is 1. The molecule has 0 spiro atoms. The topological polar surface area (TPSA) is 128 Å². The summed E-state index contributed by atoms with van der Waals surface area (Å²) in [6, 6.07) is 5.63. The second-order valence-corrected chi connectivity index (χ2v) is 8.79. The largest absolute Gasteiger partial charge is 0.358 e. The summed E-state index contributed by atoms with van der Waals surface area (Å²) in [6.07, 6.45) is 7.46. The van der Waals surface area contributed by atoms with Crippen LogP contribution in [0.5, 0.6) is 0 Å². The Balaban J connectivity index is 1.35. The third-order valence-corrected chi connectivity index (χ3v) is 6.81. The molecule has 0 aliphatic heterocycles. The van der Waals surface area contributed by atoms with E-state index in [9.17, 15) is 9.59 Å². The van der Waals surface area contributed by atoms with Crippen molar-refractivity contribution in [2.45, 2.75) is 31.3 Å². The van der Waals surface area contributed by atoms with Gasteiger partial charge in [-0.15, -0.1) is 11.3 Å². The van der Waals surface area contributed by atoms with Crippen LogP contribution in [-0.2, 0) is 22.7 Å². The molecule has 0 aromatic carbocycles. The molecule has 3 atom stereocenters. The second kappa shape index (κ2) is 9.02. The Morgan fingerprint density at radius 3 is 2.85 bits per heavy atom. The molecule has 1 fully saturated rings. The Labute approximate surface area is 193 Å². The maximum Gasteiger partial charge on any atom is 0.241 e. The molecule has 1 aliphatic rings. The summed E-state index contributed by atoms with van der Waals surface area (Å²) in [6.45, 7) is 0.472. The van der Waals surface area contributed by atoms with Crippen LogP contribution >= 0.6 is 11.3 Å². The molecule has 10 nitrogen and oxygen atoms in total. The van der Waals surface area contributed by atoms with Crippen molar-refractivity contribution in [3.63, 3.8) is 0 Å². The lowest BCUT2D eigenvalue weighted by Gasteiger charge is -2.42. The second-order valence-electron chi connectivity index (χ2n) is 7.86. The number of pyridine rings is 1. The highest BCUT2D eigenvalue weighted by Gasteiger charge is 2.48. The van der Waals surface area contributed by atoms with E-state index in [0.717, 1.165) is 16.4 Å². The number of rotatable bonds is 7. The van der Waals surface area contributed by atoms with Crippen molar-refractivity contribution >= 4 is 34.3 Å². The van der Waals surface area contributed by atoms with Gasteiger partial charge in [0, 0.05) is 42.6 Å². The quantitative estimate of drug-likeness (QED) is 0.427. The molecule has 1 aliphatic carbocycles. The Morgan fingerprint density at radius 1 is 1.18 bits per heavy atom. The number of carbonyl (C=O) groups excluding carboxylic acids is 2. The van der Waals surface area contributed by atoms with Gasteiger partial charge in [-0.05, 0) is 18.6 Å². The van der Waals surface area contributed by atoms with Crippen LogP contribution in [0.1, 0.15) is 34.7 Å². The van der Waals surface area contributed by atoms with Gasteiger partial charge in [-0.1, -0.05) is 6.07 Å². The molecule has 2 amide bonds. The van der Waals surface area contributed by atoms with Gasteiger partial charge >= 0.3 is 0 Å². The highest BCUT2D eigenvalue weighted by Crippen LogP contribution is 2.53. The normalized spacial score (nSPS) is 19.7. The lowest BCUT2D eigenvalue weighted by atomic mass is 9.63. The van der Waals surface area contributed by atoms with Gasteiger partial charge in [-0.2, -0.15) is 5.10 Å². The average Bonchev–Trinajstić information content (AvgIpc) is 3.48. The van der Waals surface area contributed by atoms with E-state index in [1.54, 1.807) is 43.2 Å². The van der Waals surface area contributed by atoms with Gasteiger partial charge in [0.25, 0.3) is 0 Å². The van der Waals surface area contributed by atoms with Crippen LogP contribution in [0.2, 0.25) is 0 Å². The van der Waals surface area contributed by atoms with Gasteiger partial charge in [-0.25, -0.2) is 19.6 Å². The third kappa shape index (κ3) is 4.19. The number of carbonyl (C=O) groups is 2. The van der Waals surface area contributed by atoms with E-state index < -0.39 is 0 Å². The Kier molecular flexibility index (Phi) is 5.78. The predicted molar refractivity (Wildman–Crippen MR) is 121 cm³/mol. The molecule has 4 heterocycles. The molecule has 2 N–H and O–H groups in total. The summed E-state index contributed by atoms with van der Waals surface area (Å²) in [4.78, 5) is 42.7. The zero-order chi connectivity index (χ0) is 22.8. The van der Waals surface area contributed by atoms with E-state index in [1.807, 2.05) is 23.6 Å². The number of hydrogen-bond donors (Lipinski definition) is 2. The molecule has 33 heavy (non-hydrogen) atoms. The number of nitrogens with one attached hydrogen (secondary N) is 2. The first kappa shape index (κ1) is 21.1. The fourth-order valence-electron chi connectivity index (χ4n) is 4.17. The summed E-state index contributed by atoms with van der Waals surface area (Å²) < 4.78 is 1.53. The van der Waals surface area contributed by atoms with Crippen molar-refractivity contribution in [1.29, 1.82) is 0 Å². The number of aromatic nitrogens is 6. The molecule has 0 saturated heterocycles. The van der Waals surface area contributed by atoms with Crippen molar-refractivity contribution < 1.29 is 9.59 Å². The number of hydrogen-bond acceptors (Lipinski definition) is 8. The molecule has 4 aromatic heterocycles. The molecule has 4 aromatic rings. The Hall–Kier alpha value is -3.73. The highest BCUT2D eigenvalue weighted by molar-refractivity contribution is 7.09. The minimum atomic E-state index is -0.196. The van der Waals surface area contributed by atoms with E-state index in [0.29, 0.717) is 24.1 Å². The lowest BCUT2D eigenvalue weighted by Crippen LogP contribution is -2.44. The molecule has 168 valence electrons. The van der Waals surface area contributed by atoms with Gasteiger partial charge in [0.1, 0.15) is 12.1 Å². The smallest absolute Gasteiger partial charge is 0.241 e. The first-order valence-electron chi connectivity index (χ1n) is 10.6. The maximum absolute atomic E-state index is 13.0. The Bertz CT molecular complexity index is 1270. The zero-order valence-corrected chi connectivity index (χ0v) is 18.7. The number of nitrogens with zero attached hydrogens (tertiary/aromatic N) is 6. The minimum Gasteiger partial charge on any atom is -0.358 e. The Morgan fingerprint density at radius 2 is 2.09 bits per heavy atom. The van der Waals surface area contributed by atoms with Gasteiger partial charge in [0.05, 0.1) is 35.3 Å². The van der Waals surface area contributed by atoms with Crippen LogP contribution in [0.15, 0.2) is 48.4 Å². The zero-order valence-electron chi connectivity index (χ0n) is 17.9. The van der Waals surface area contributed by atoms with E-state index in [2.05, 4.69) is 30.7 Å². The minimum absolute atomic E-state index is 0.00969. The van der Waals surface area contributed by atoms with E-state index >= 15 is 0 Å². The van der Waals surface area contributed by atoms with Crippen LogP contribution in [-0.4, -0.2) is 48.6 Å². The van der Waals surface area contributed by atoms with Crippen molar-refractivity contribution in [2.24, 2.45) is 5.92 Å². The summed E-state index contributed by atoms with van der Waals surface area (Å²) >= 11 is 1.55. The molecular weight excluding hydrogens is 440 g/mol. The van der Waals surface area contributed by atoms with Crippen LogP contribution in [0, 0.1) is 5.92 Å². The number of amides is 2. The van der Waals surface area contributed by atoms with Crippen LogP contribution < -0.4 is 10.6 Å². The van der Waals surface area contributed by atoms with Gasteiger partial charge < -0.3 is 10.6 Å². The van der Waals surface area contributed by atoms with Crippen LogP contribution in [0.3, 0.4) is 0 Å². The van der Waals surface area contributed by atoms with Gasteiger partial charge in [0.2, 0.25) is 11.8 Å². The molecule has 11 heteroatoms. The van der Waals surface area contributed by atoms with Crippen molar-refractivity contribution in [3.05, 3.63) is 64.8 Å². The average molecular weight is 463 g/mol.